The second-order valence-electron chi connectivity index (χ2n) is 7.47. The number of ether oxygens (including phenoxy) is 2. The summed E-state index contributed by atoms with van der Waals surface area (Å²) in [4.78, 5) is 24.7. The van der Waals surface area contributed by atoms with Crippen LogP contribution >= 0.6 is 11.6 Å². The van der Waals surface area contributed by atoms with Gasteiger partial charge in [0.05, 0.1) is 0 Å². The first-order chi connectivity index (χ1) is 12.0. The summed E-state index contributed by atoms with van der Waals surface area (Å²) in [5.41, 5.74) is -0.659. The summed E-state index contributed by atoms with van der Waals surface area (Å²) in [6.07, 6.45) is 0. The number of carbonyl (C=O) groups excluding carboxylic acids is 2. The maximum absolute atomic E-state index is 12.5. The van der Waals surface area contributed by atoms with Crippen molar-refractivity contribution in [1.82, 2.24) is 0 Å². The SMILES string of the molecule is CC(C)(C)OC(=O)C(C)(C)Oc1ccc(C(=O)c2ccc(Cl)cc2)cc1. The number of carbonyl (C=O) groups is 2. The van der Waals surface area contributed by atoms with Gasteiger partial charge in [-0.3, -0.25) is 4.79 Å². The molecule has 0 unspecified atom stereocenters. The summed E-state index contributed by atoms with van der Waals surface area (Å²) >= 11 is 5.84. The van der Waals surface area contributed by atoms with E-state index < -0.39 is 17.2 Å². The van der Waals surface area contributed by atoms with E-state index in [1.807, 2.05) is 0 Å². The Labute approximate surface area is 159 Å². The molecule has 0 N–H and O–H groups in total. The highest BCUT2D eigenvalue weighted by atomic mass is 35.5. The Morgan fingerprint density at radius 1 is 0.808 bits per heavy atom. The fraction of sp³-hybridized carbons (Fsp3) is 0.333. The van der Waals surface area contributed by atoms with E-state index in [0.29, 0.717) is 21.9 Å². The van der Waals surface area contributed by atoms with Crippen LogP contribution in [-0.2, 0) is 9.53 Å². The molecule has 2 aromatic carbocycles. The molecular formula is C21H23ClO4. The largest absolute Gasteiger partial charge is 0.476 e. The summed E-state index contributed by atoms with van der Waals surface area (Å²) in [7, 11) is 0. The van der Waals surface area contributed by atoms with Gasteiger partial charge in [0.25, 0.3) is 0 Å². The van der Waals surface area contributed by atoms with E-state index in [1.165, 1.54) is 0 Å². The predicted molar refractivity (Wildman–Crippen MR) is 102 cm³/mol. The van der Waals surface area contributed by atoms with Crippen LogP contribution in [0.5, 0.6) is 5.75 Å². The van der Waals surface area contributed by atoms with Gasteiger partial charge in [0.2, 0.25) is 0 Å². The minimum atomic E-state index is -1.14. The summed E-state index contributed by atoms with van der Waals surface area (Å²) in [6, 6.07) is 13.4. The number of benzene rings is 2. The van der Waals surface area contributed by atoms with Crippen molar-refractivity contribution < 1.29 is 19.1 Å². The van der Waals surface area contributed by atoms with Crippen LogP contribution < -0.4 is 4.74 Å². The zero-order valence-electron chi connectivity index (χ0n) is 15.6. The van der Waals surface area contributed by atoms with Crippen LogP contribution in [0.4, 0.5) is 0 Å². The molecule has 2 rings (SSSR count). The van der Waals surface area contributed by atoms with Gasteiger partial charge >= 0.3 is 5.97 Å². The molecule has 0 atom stereocenters. The average molecular weight is 375 g/mol. The van der Waals surface area contributed by atoms with Crippen LogP contribution in [0.25, 0.3) is 0 Å². The predicted octanol–water partition coefficient (Wildman–Crippen LogP) is 5.07. The first-order valence-electron chi connectivity index (χ1n) is 8.31. The Bertz CT molecular complexity index is 784. The number of rotatable bonds is 5. The van der Waals surface area contributed by atoms with Gasteiger partial charge in [-0.25, -0.2) is 4.79 Å². The van der Waals surface area contributed by atoms with Crippen LogP contribution in [0, 0.1) is 0 Å². The van der Waals surface area contributed by atoms with Crippen LogP contribution in [0.15, 0.2) is 48.5 Å². The lowest BCUT2D eigenvalue weighted by molar-refractivity contribution is -0.170. The molecule has 0 aliphatic heterocycles. The first-order valence-corrected chi connectivity index (χ1v) is 8.68. The highest BCUT2D eigenvalue weighted by molar-refractivity contribution is 6.30. The van der Waals surface area contributed by atoms with Gasteiger partial charge < -0.3 is 9.47 Å². The molecule has 0 saturated heterocycles. The van der Waals surface area contributed by atoms with E-state index in [1.54, 1.807) is 83.1 Å². The lowest BCUT2D eigenvalue weighted by atomic mass is 10.0. The molecule has 0 spiro atoms. The van der Waals surface area contributed by atoms with Crippen LogP contribution in [0.3, 0.4) is 0 Å². The van der Waals surface area contributed by atoms with E-state index in [4.69, 9.17) is 21.1 Å². The van der Waals surface area contributed by atoms with Crippen molar-refractivity contribution in [2.24, 2.45) is 0 Å². The van der Waals surface area contributed by atoms with Crippen molar-refractivity contribution in [3.63, 3.8) is 0 Å². The van der Waals surface area contributed by atoms with Crippen molar-refractivity contribution in [2.45, 2.75) is 45.8 Å². The van der Waals surface area contributed by atoms with Gasteiger partial charge in [0.1, 0.15) is 11.4 Å². The minimum absolute atomic E-state index is 0.111. The van der Waals surface area contributed by atoms with Gasteiger partial charge in [-0.05, 0) is 83.1 Å². The zero-order chi connectivity index (χ0) is 19.5. The minimum Gasteiger partial charge on any atom is -0.476 e. The van der Waals surface area contributed by atoms with E-state index >= 15 is 0 Å². The topological polar surface area (TPSA) is 52.6 Å². The first kappa shape index (κ1) is 20.0. The lowest BCUT2D eigenvalue weighted by Crippen LogP contribution is -2.43. The molecule has 0 aliphatic rings. The summed E-state index contributed by atoms with van der Waals surface area (Å²) < 4.78 is 11.1. The highest BCUT2D eigenvalue weighted by Crippen LogP contribution is 2.23. The van der Waals surface area contributed by atoms with Gasteiger partial charge in [0.15, 0.2) is 11.4 Å². The summed E-state index contributed by atoms with van der Waals surface area (Å²) in [6.45, 7) is 8.70. The van der Waals surface area contributed by atoms with Gasteiger partial charge in [-0.15, -0.1) is 0 Å². The molecule has 0 aromatic heterocycles. The van der Waals surface area contributed by atoms with E-state index in [2.05, 4.69) is 0 Å². The van der Waals surface area contributed by atoms with Crippen LogP contribution in [0.1, 0.15) is 50.5 Å². The Hall–Kier alpha value is -2.33. The fourth-order valence-corrected chi connectivity index (χ4v) is 2.31. The molecule has 0 heterocycles. The number of halogens is 1. The summed E-state index contributed by atoms with van der Waals surface area (Å²) in [5, 5.41) is 0.578. The second-order valence-corrected chi connectivity index (χ2v) is 7.91. The average Bonchev–Trinajstić information content (AvgIpc) is 2.54. The Balaban J connectivity index is 2.10. The van der Waals surface area contributed by atoms with E-state index in [9.17, 15) is 9.59 Å². The Kier molecular flexibility index (Phi) is 5.77. The van der Waals surface area contributed by atoms with Crippen molar-refractivity contribution >= 4 is 23.4 Å². The number of hydrogen-bond acceptors (Lipinski definition) is 4. The maximum Gasteiger partial charge on any atom is 0.350 e. The molecule has 138 valence electrons. The van der Waals surface area contributed by atoms with E-state index in [-0.39, 0.29) is 5.78 Å². The third-order valence-electron chi connectivity index (χ3n) is 3.49. The molecule has 0 fully saturated rings. The third kappa shape index (κ3) is 5.33. The zero-order valence-corrected chi connectivity index (χ0v) is 16.4. The normalized spacial score (nSPS) is 11.8. The van der Waals surface area contributed by atoms with Crippen molar-refractivity contribution in [3.05, 3.63) is 64.7 Å². The lowest BCUT2D eigenvalue weighted by Gasteiger charge is -2.29. The molecular weight excluding hydrogens is 352 g/mol. The molecule has 0 saturated carbocycles. The van der Waals surface area contributed by atoms with Gasteiger partial charge in [0, 0.05) is 16.1 Å². The number of ketones is 1. The quantitative estimate of drug-likeness (QED) is 0.541. The number of hydrogen-bond donors (Lipinski definition) is 0. The molecule has 0 aliphatic carbocycles. The Morgan fingerprint density at radius 3 is 1.73 bits per heavy atom. The van der Waals surface area contributed by atoms with Gasteiger partial charge in [-0.1, -0.05) is 11.6 Å². The van der Waals surface area contributed by atoms with Crippen molar-refractivity contribution in [1.29, 1.82) is 0 Å². The maximum atomic E-state index is 12.5. The second kappa shape index (κ2) is 7.50. The summed E-state index contributed by atoms with van der Waals surface area (Å²) in [5.74, 6) is -0.0838. The van der Waals surface area contributed by atoms with Crippen molar-refractivity contribution in [2.75, 3.05) is 0 Å². The smallest absolute Gasteiger partial charge is 0.350 e. The molecule has 26 heavy (non-hydrogen) atoms. The number of esters is 1. The third-order valence-corrected chi connectivity index (χ3v) is 3.74. The van der Waals surface area contributed by atoms with Crippen molar-refractivity contribution in [3.8, 4) is 5.75 Å². The highest BCUT2D eigenvalue weighted by Gasteiger charge is 2.34. The van der Waals surface area contributed by atoms with Crippen LogP contribution in [-0.4, -0.2) is 23.0 Å². The molecule has 2 aromatic rings. The molecule has 4 nitrogen and oxygen atoms in total. The van der Waals surface area contributed by atoms with Crippen LogP contribution in [0.2, 0.25) is 5.02 Å². The monoisotopic (exact) mass is 374 g/mol. The molecule has 0 radical (unpaired) electrons. The molecule has 0 amide bonds. The van der Waals surface area contributed by atoms with E-state index in [0.717, 1.165) is 0 Å². The molecule has 5 heteroatoms. The standard InChI is InChI=1S/C21H23ClO4/c1-20(2,3)26-19(24)21(4,5)25-17-12-8-15(9-13-17)18(23)14-6-10-16(22)11-7-14/h6-13H,1-5H3. The fourth-order valence-electron chi connectivity index (χ4n) is 2.18. The molecule has 0 bridgehead atoms. The Morgan fingerprint density at radius 2 is 1.27 bits per heavy atom. The van der Waals surface area contributed by atoms with Gasteiger partial charge in [-0.2, -0.15) is 0 Å².